The third-order valence-corrected chi connectivity index (χ3v) is 4.20. The molecule has 1 aliphatic heterocycles. The normalized spacial score (nSPS) is 16.9. The van der Waals surface area contributed by atoms with Gasteiger partial charge in [-0.1, -0.05) is 6.07 Å². The molecule has 2 aromatic rings. The van der Waals surface area contributed by atoms with E-state index in [1.807, 2.05) is 18.2 Å². The molecule has 1 aromatic heterocycles. The lowest BCUT2D eigenvalue weighted by atomic mass is 10.0. The molecule has 1 N–H and O–H groups in total. The van der Waals surface area contributed by atoms with Gasteiger partial charge in [-0.15, -0.1) is 0 Å². The average Bonchev–Trinajstić information content (AvgIpc) is 3.10. The zero-order valence-corrected chi connectivity index (χ0v) is 13.6. The van der Waals surface area contributed by atoms with Crippen molar-refractivity contribution in [3.63, 3.8) is 0 Å². The number of carbonyl (C=O) groups excluding carboxylic acids is 1. The van der Waals surface area contributed by atoms with E-state index < -0.39 is 0 Å². The van der Waals surface area contributed by atoms with Gasteiger partial charge in [0.15, 0.2) is 11.5 Å². The first-order valence-electron chi connectivity index (χ1n) is 7.72. The lowest BCUT2D eigenvalue weighted by Gasteiger charge is -2.25. The Morgan fingerprint density at radius 3 is 2.67 bits per heavy atom. The number of aromatic amines is 1. The largest absolute Gasteiger partial charge is 0.493 e. The molecule has 7 nitrogen and oxygen atoms in total. The van der Waals surface area contributed by atoms with E-state index in [-0.39, 0.29) is 23.2 Å². The number of nitrogens with zero attached hydrogens (tertiary/aromatic N) is 2. The summed E-state index contributed by atoms with van der Waals surface area (Å²) in [5.41, 5.74) is 0.898. The van der Waals surface area contributed by atoms with Gasteiger partial charge in [-0.2, -0.15) is 5.10 Å². The Morgan fingerprint density at radius 1 is 1.21 bits per heavy atom. The maximum absolute atomic E-state index is 12.7. The van der Waals surface area contributed by atoms with Crippen molar-refractivity contribution in [3.05, 3.63) is 51.9 Å². The van der Waals surface area contributed by atoms with Gasteiger partial charge in [0.2, 0.25) is 0 Å². The molecular weight excluding hydrogens is 310 g/mol. The van der Waals surface area contributed by atoms with E-state index in [1.165, 1.54) is 12.1 Å². The summed E-state index contributed by atoms with van der Waals surface area (Å²) in [5.74, 6) is 1.10. The summed E-state index contributed by atoms with van der Waals surface area (Å²) < 4.78 is 10.6. The van der Waals surface area contributed by atoms with E-state index in [9.17, 15) is 9.59 Å². The number of ether oxygens (including phenoxy) is 2. The summed E-state index contributed by atoms with van der Waals surface area (Å²) in [6.07, 6.45) is 1.78. The smallest absolute Gasteiger partial charge is 0.274 e. The van der Waals surface area contributed by atoms with Crippen LogP contribution < -0.4 is 15.0 Å². The van der Waals surface area contributed by atoms with E-state index >= 15 is 0 Å². The van der Waals surface area contributed by atoms with Gasteiger partial charge >= 0.3 is 0 Å². The van der Waals surface area contributed by atoms with Crippen LogP contribution in [0.15, 0.2) is 35.1 Å². The molecule has 1 amide bonds. The molecule has 0 radical (unpaired) electrons. The molecular formula is C17H19N3O4. The number of benzene rings is 1. The van der Waals surface area contributed by atoms with E-state index in [2.05, 4.69) is 10.2 Å². The lowest BCUT2D eigenvalue weighted by Crippen LogP contribution is -2.32. The van der Waals surface area contributed by atoms with Crippen molar-refractivity contribution in [3.8, 4) is 11.5 Å². The highest BCUT2D eigenvalue weighted by Crippen LogP contribution is 2.37. The van der Waals surface area contributed by atoms with Crippen LogP contribution in [0.2, 0.25) is 0 Å². The summed E-state index contributed by atoms with van der Waals surface area (Å²) in [4.78, 5) is 25.6. The Kier molecular flexibility index (Phi) is 4.50. The summed E-state index contributed by atoms with van der Waals surface area (Å²) >= 11 is 0. The molecule has 1 aromatic carbocycles. The average molecular weight is 329 g/mol. The number of nitrogens with one attached hydrogen (secondary N) is 1. The maximum atomic E-state index is 12.7. The molecule has 1 atom stereocenters. The van der Waals surface area contributed by atoms with Crippen LogP contribution in [-0.4, -0.2) is 41.8 Å². The second-order valence-corrected chi connectivity index (χ2v) is 5.58. The molecule has 1 saturated heterocycles. The quantitative estimate of drug-likeness (QED) is 0.924. The molecule has 126 valence electrons. The highest BCUT2D eigenvalue weighted by atomic mass is 16.5. The summed E-state index contributed by atoms with van der Waals surface area (Å²) in [6, 6.07) is 8.39. The van der Waals surface area contributed by atoms with Crippen molar-refractivity contribution in [1.82, 2.24) is 15.1 Å². The molecule has 24 heavy (non-hydrogen) atoms. The fourth-order valence-corrected chi connectivity index (χ4v) is 3.03. The van der Waals surface area contributed by atoms with Gasteiger partial charge in [0.1, 0.15) is 5.69 Å². The number of rotatable bonds is 4. The number of amides is 1. The minimum Gasteiger partial charge on any atom is -0.493 e. The number of hydrogen-bond donors (Lipinski definition) is 1. The van der Waals surface area contributed by atoms with Gasteiger partial charge in [0.05, 0.1) is 20.3 Å². The Hall–Kier alpha value is -2.83. The molecule has 0 spiro atoms. The first-order chi connectivity index (χ1) is 11.6. The van der Waals surface area contributed by atoms with Gasteiger partial charge in [-0.3, -0.25) is 9.59 Å². The minimum absolute atomic E-state index is 0.0500. The number of hydrogen-bond acceptors (Lipinski definition) is 5. The number of aromatic nitrogens is 2. The number of likely N-dealkylation sites (tertiary alicyclic amines) is 1. The highest BCUT2D eigenvalue weighted by Gasteiger charge is 2.31. The first kappa shape index (κ1) is 16.0. The van der Waals surface area contributed by atoms with Crippen LogP contribution >= 0.6 is 0 Å². The van der Waals surface area contributed by atoms with Crippen LogP contribution in [0.1, 0.15) is 34.9 Å². The molecule has 0 aliphatic carbocycles. The van der Waals surface area contributed by atoms with Crippen LogP contribution in [0, 0.1) is 0 Å². The van der Waals surface area contributed by atoms with Crippen LogP contribution in [0.25, 0.3) is 0 Å². The molecule has 1 aliphatic rings. The summed E-state index contributed by atoms with van der Waals surface area (Å²) in [7, 11) is 3.17. The third-order valence-electron chi connectivity index (χ3n) is 4.20. The predicted molar refractivity (Wildman–Crippen MR) is 87.4 cm³/mol. The standard InChI is InChI=1S/C17H19N3O4/c1-23-14-7-5-11(10-15(14)24-2)13-4-3-9-20(13)17(22)12-6-8-16(21)19-18-12/h5-8,10,13H,3-4,9H2,1-2H3,(H,19,21). The molecule has 0 bridgehead atoms. The molecule has 1 unspecified atom stereocenters. The Labute approximate surface area is 139 Å². The maximum Gasteiger partial charge on any atom is 0.274 e. The van der Waals surface area contributed by atoms with Crippen molar-refractivity contribution in [1.29, 1.82) is 0 Å². The predicted octanol–water partition coefficient (Wildman–Crippen LogP) is 1.76. The van der Waals surface area contributed by atoms with Gasteiger partial charge in [0, 0.05) is 12.6 Å². The van der Waals surface area contributed by atoms with E-state index in [0.717, 1.165) is 18.4 Å². The molecule has 7 heteroatoms. The van der Waals surface area contributed by atoms with Gasteiger partial charge in [0.25, 0.3) is 11.5 Å². The van der Waals surface area contributed by atoms with Gasteiger partial charge in [-0.05, 0) is 36.6 Å². The third kappa shape index (κ3) is 2.97. The van der Waals surface area contributed by atoms with Gasteiger partial charge < -0.3 is 14.4 Å². The van der Waals surface area contributed by atoms with Crippen LogP contribution in [0.4, 0.5) is 0 Å². The van der Waals surface area contributed by atoms with Crippen molar-refractivity contribution in [2.45, 2.75) is 18.9 Å². The zero-order chi connectivity index (χ0) is 17.1. The topological polar surface area (TPSA) is 84.5 Å². The summed E-state index contributed by atoms with van der Waals surface area (Å²) in [5, 5.41) is 6.14. The monoisotopic (exact) mass is 329 g/mol. The summed E-state index contributed by atoms with van der Waals surface area (Å²) in [6.45, 7) is 0.651. The van der Waals surface area contributed by atoms with Crippen molar-refractivity contribution >= 4 is 5.91 Å². The lowest BCUT2D eigenvalue weighted by molar-refractivity contribution is 0.0728. The van der Waals surface area contributed by atoms with Crippen LogP contribution in [0.5, 0.6) is 11.5 Å². The Morgan fingerprint density at radius 2 is 2.00 bits per heavy atom. The fourth-order valence-electron chi connectivity index (χ4n) is 3.03. The number of methoxy groups -OCH3 is 2. The Balaban J connectivity index is 1.89. The fraction of sp³-hybridized carbons (Fsp3) is 0.353. The number of carbonyl (C=O) groups is 1. The van der Waals surface area contributed by atoms with E-state index in [4.69, 9.17) is 9.47 Å². The van der Waals surface area contributed by atoms with Gasteiger partial charge in [-0.25, -0.2) is 5.10 Å². The second kappa shape index (κ2) is 6.74. The molecule has 1 fully saturated rings. The minimum atomic E-state index is -0.329. The van der Waals surface area contributed by atoms with E-state index in [0.29, 0.717) is 18.0 Å². The molecule has 0 saturated carbocycles. The Bertz CT molecular complexity index is 782. The van der Waals surface area contributed by atoms with Crippen LogP contribution in [0.3, 0.4) is 0 Å². The SMILES string of the molecule is COc1ccc(C2CCCN2C(=O)c2ccc(=O)[nH]n2)cc1OC. The van der Waals surface area contributed by atoms with Crippen LogP contribution in [-0.2, 0) is 0 Å². The molecule has 3 rings (SSSR count). The van der Waals surface area contributed by atoms with Crippen molar-refractivity contribution < 1.29 is 14.3 Å². The zero-order valence-electron chi connectivity index (χ0n) is 13.6. The van der Waals surface area contributed by atoms with Crippen molar-refractivity contribution in [2.24, 2.45) is 0 Å². The number of H-pyrrole nitrogens is 1. The highest BCUT2D eigenvalue weighted by molar-refractivity contribution is 5.92. The van der Waals surface area contributed by atoms with E-state index in [1.54, 1.807) is 19.1 Å². The first-order valence-corrected chi connectivity index (χ1v) is 7.72. The molecule has 2 heterocycles. The van der Waals surface area contributed by atoms with Crippen molar-refractivity contribution in [2.75, 3.05) is 20.8 Å². The second-order valence-electron chi connectivity index (χ2n) is 5.58.